The molecule has 2 heterocycles. The molecule has 1 aliphatic carbocycles. The van der Waals surface area contributed by atoms with Crippen LogP contribution >= 0.6 is 0 Å². The van der Waals surface area contributed by atoms with Crippen molar-refractivity contribution in [3.8, 4) is 17.2 Å². The number of rotatable bonds is 9. The molecule has 2 aliphatic heterocycles. The van der Waals surface area contributed by atoms with E-state index in [1.54, 1.807) is 6.07 Å². The van der Waals surface area contributed by atoms with E-state index in [-0.39, 0.29) is 24.2 Å². The Bertz CT molecular complexity index is 1440. The van der Waals surface area contributed by atoms with Gasteiger partial charge in [-0.15, -0.1) is 0 Å². The van der Waals surface area contributed by atoms with Crippen LogP contribution in [0.4, 0.5) is 4.39 Å². The van der Waals surface area contributed by atoms with Gasteiger partial charge in [0.2, 0.25) is 5.91 Å². The standard InChI is InChI=1S/C35H40FNO6/c1-22-17-28(41-16-15-37-14-6-9-33(37)38)18-23(2)35(22)25-7-5-8-31(24(3)30(36)13-10-25)43-27-11-12-29-26(19-34(39)40-4)21-42-32(29)20-27/h10-13,17-18,20,26,31H,3,5-9,14-16,19,21H2,1-2,4H3/b25-10+,30-13+/t26-,31-/m1/s1. The number of hydrogen-bond acceptors (Lipinski definition) is 6. The second-order valence-electron chi connectivity index (χ2n) is 11.5. The molecule has 2 aromatic rings. The first kappa shape index (κ1) is 30.4. The lowest BCUT2D eigenvalue weighted by Gasteiger charge is -2.21. The predicted molar refractivity (Wildman–Crippen MR) is 163 cm³/mol. The smallest absolute Gasteiger partial charge is 0.306 e. The highest BCUT2D eigenvalue weighted by atomic mass is 19.1. The van der Waals surface area contributed by atoms with E-state index < -0.39 is 11.9 Å². The van der Waals surface area contributed by atoms with E-state index in [0.29, 0.717) is 49.7 Å². The molecule has 5 rings (SSSR count). The van der Waals surface area contributed by atoms with Crippen molar-refractivity contribution in [2.75, 3.05) is 33.4 Å². The zero-order valence-electron chi connectivity index (χ0n) is 25.2. The lowest BCUT2D eigenvalue weighted by molar-refractivity contribution is -0.141. The molecule has 7 nitrogen and oxygen atoms in total. The molecule has 0 bridgehead atoms. The van der Waals surface area contributed by atoms with E-state index in [0.717, 1.165) is 59.4 Å². The van der Waals surface area contributed by atoms with Crippen LogP contribution in [0.25, 0.3) is 5.57 Å². The Labute approximate surface area is 252 Å². The lowest BCUT2D eigenvalue weighted by Crippen LogP contribution is -2.29. The minimum atomic E-state index is -0.533. The van der Waals surface area contributed by atoms with Crippen LogP contribution in [0.15, 0.2) is 60.5 Å². The molecule has 3 aliphatic rings. The molecule has 0 N–H and O–H groups in total. The highest BCUT2D eigenvalue weighted by Crippen LogP contribution is 2.40. The van der Waals surface area contributed by atoms with Crippen LogP contribution in [0, 0.1) is 13.8 Å². The molecule has 2 atom stereocenters. The normalized spacial score (nSPS) is 22.7. The van der Waals surface area contributed by atoms with Gasteiger partial charge in [-0.25, -0.2) is 4.39 Å². The van der Waals surface area contributed by atoms with Crippen molar-refractivity contribution in [3.63, 3.8) is 0 Å². The maximum absolute atomic E-state index is 15.3. The van der Waals surface area contributed by atoms with Crippen LogP contribution < -0.4 is 14.2 Å². The van der Waals surface area contributed by atoms with Gasteiger partial charge in [-0.1, -0.05) is 18.7 Å². The zero-order valence-corrected chi connectivity index (χ0v) is 25.2. The molecule has 0 unspecified atom stereocenters. The minimum Gasteiger partial charge on any atom is -0.492 e. The maximum atomic E-state index is 15.3. The number of carbonyl (C=O) groups excluding carboxylic acids is 2. The summed E-state index contributed by atoms with van der Waals surface area (Å²) in [5, 5.41) is 0. The number of nitrogens with zero attached hydrogens (tertiary/aromatic N) is 1. The number of amides is 1. The summed E-state index contributed by atoms with van der Waals surface area (Å²) in [7, 11) is 1.38. The number of allylic oxidation sites excluding steroid dienone is 3. The second kappa shape index (κ2) is 13.5. The summed E-state index contributed by atoms with van der Waals surface area (Å²) < 4.78 is 38.2. The van der Waals surface area contributed by atoms with Crippen molar-refractivity contribution < 1.29 is 32.9 Å². The van der Waals surface area contributed by atoms with Crippen LogP contribution in [0.3, 0.4) is 0 Å². The third kappa shape index (κ3) is 7.12. The first-order valence-corrected chi connectivity index (χ1v) is 15.0. The second-order valence-corrected chi connectivity index (χ2v) is 11.5. The first-order chi connectivity index (χ1) is 20.7. The van der Waals surface area contributed by atoms with E-state index in [1.165, 1.54) is 13.2 Å². The van der Waals surface area contributed by atoms with Gasteiger partial charge in [0, 0.05) is 36.1 Å². The number of methoxy groups -OCH3 is 1. The van der Waals surface area contributed by atoms with Crippen LogP contribution in [0.2, 0.25) is 0 Å². The summed E-state index contributed by atoms with van der Waals surface area (Å²) in [6.45, 7) is 10.4. The van der Waals surface area contributed by atoms with Crippen LogP contribution in [-0.4, -0.2) is 56.3 Å². The fourth-order valence-electron chi connectivity index (χ4n) is 6.18. The zero-order chi connectivity index (χ0) is 30.5. The van der Waals surface area contributed by atoms with Gasteiger partial charge in [-0.3, -0.25) is 9.59 Å². The Morgan fingerprint density at radius 3 is 2.60 bits per heavy atom. The van der Waals surface area contributed by atoms with E-state index >= 15 is 4.39 Å². The molecule has 0 saturated carbocycles. The number of fused-ring (bicyclic) bond motifs is 1. The Balaban J connectivity index is 1.23. The van der Waals surface area contributed by atoms with Gasteiger partial charge < -0.3 is 23.8 Å². The van der Waals surface area contributed by atoms with Crippen molar-refractivity contribution in [2.24, 2.45) is 0 Å². The Hall–Kier alpha value is -4.07. The van der Waals surface area contributed by atoms with Gasteiger partial charge in [0.25, 0.3) is 0 Å². The van der Waals surface area contributed by atoms with Gasteiger partial charge >= 0.3 is 5.97 Å². The largest absolute Gasteiger partial charge is 0.492 e. The SMILES string of the molecule is C=C1/C(F)=C\C=C(\c2c(C)cc(OCCN3CCCC3=O)cc2C)CCC[C@H]1Oc1ccc2c(c1)OC[C@H]2CC(=O)OC. The molecule has 0 radical (unpaired) electrons. The summed E-state index contributed by atoms with van der Waals surface area (Å²) in [4.78, 5) is 25.5. The molecule has 1 saturated heterocycles. The molecule has 1 fully saturated rings. The van der Waals surface area contributed by atoms with Crippen molar-refractivity contribution in [1.29, 1.82) is 0 Å². The van der Waals surface area contributed by atoms with Crippen molar-refractivity contribution >= 4 is 17.4 Å². The van der Waals surface area contributed by atoms with E-state index in [1.807, 2.05) is 49.1 Å². The molecule has 0 aromatic heterocycles. The van der Waals surface area contributed by atoms with E-state index in [9.17, 15) is 9.59 Å². The number of aryl methyl sites for hydroxylation is 2. The third-order valence-corrected chi connectivity index (χ3v) is 8.45. The number of carbonyl (C=O) groups is 2. The number of ether oxygens (including phenoxy) is 4. The summed E-state index contributed by atoms with van der Waals surface area (Å²) in [6.07, 6.45) is 6.72. The van der Waals surface area contributed by atoms with Gasteiger partial charge in [-0.05, 0) is 86.1 Å². The quantitative estimate of drug-likeness (QED) is 0.301. The summed E-state index contributed by atoms with van der Waals surface area (Å²) in [5.74, 6) is 1.46. The Morgan fingerprint density at radius 2 is 1.88 bits per heavy atom. The average Bonchev–Trinajstić information content (AvgIpc) is 3.59. The van der Waals surface area contributed by atoms with Gasteiger partial charge in [-0.2, -0.15) is 0 Å². The third-order valence-electron chi connectivity index (χ3n) is 8.45. The fraction of sp³-hybridized carbons (Fsp3) is 0.429. The number of likely N-dealkylation sites (tertiary alicyclic amines) is 1. The highest BCUT2D eigenvalue weighted by Gasteiger charge is 2.28. The number of halogens is 1. The monoisotopic (exact) mass is 589 g/mol. The van der Waals surface area contributed by atoms with Crippen molar-refractivity contribution in [3.05, 3.63) is 82.7 Å². The number of esters is 1. The molecule has 43 heavy (non-hydrogen) atoms. The molecule has 228 valence electrons. The van der Waals surface area contributed by atoms with Crippen molar-refractivity contribution in [1.82, 2.24) is 4.90 Å². The number of hydrogen-bond donors (Lipinski definition) is 0. The summed E-state index contributed by atoms with van der Waals surface area (Å²) in [6, 6.07) is 9.57. The molecule has 1 amide bonds. The molecule has 0 spiro atoms. The van der Waals surface area contributed by atoms with Crippen LogP contribution in [-0.2, 0) is 14.3 Å². The summed E-state index contributed by atoms with van der Waals surface area (Å²) in [5.41, 5.74) is 5.50. The Kier molecular flexibility index (Phi) is 9.53. The van der Waals surface area contributed by atoms with E-state index in [2.05, 4.69) is 6.58 Å². The Morgan fingerprint density at radius 1 is 1.09 bits per heavy atom. The molecular formula is C35H40FNO6. The average molecular weight is 590 g/mol. The maximum Gasteiger partial charge on any atom is 0.306 e. The van der Waals surface area contributed by atoms with Gasteiger partial charge in [0.1, 0.15) is 35.8 Å². The van der Waals surface area contributed by atoms with Gasteiger partial charge in [0.15, 0.2) is 0 Å². The highest BCUT2D eigenvalue weighted by molar-refractivity contribution is 5.78. The van der Waals surface area contributed by atoms with Crippen LogP contribution in [0.5, 0.6) is 17.2 Å². The van der Waals surface area contributed by atoms with E-state index in [4.69, 9.17) is 18.9 Å². The molecule has 2 aromatic carbocycles. The number of benzene rings is 2. The predicted octanol–water partition coefficient (Wildman–Crippen LogP) is 6.77. The van der Waals surface area contributed by atoms with Crippen LogP contribution in [0.1, 0.15) is 66.7 Å². The van der Waals surface area contributed by atoms with Gasteiger partial charge in [0.05, 0.1) is 26.7 Å². The summed E-state index contributed by atoms with van der Waals surface area (Å²) >= 11 is 0. The first-order valence-electron chi connectivity index (χ1n) is 15.0. The van der Waals surface area contributed by atoms with Crippen molar-refractivity contribution in [2.45, 2.75) is 64.4 Å². The minimum absolute atomic E-state index is 0.0608. The topological polar surface area (TPSA) is 74.3 Å². The molecule has 8 heteroatoms. The molecular weight excluding hydrogens is 549 g/mol. The fourth-order valence-corrected chi connectivity index (χ4v) is 6.18. The lowest BCUT2D eigenvalue weighted by atomic mass is 9.91.